The minimum Gasteiger partial charge on any atom is -0.281 e. The number of anilines is 1. The fourth-order valence-corrected chi connectivity index (χ4v) is 2.05. The lowest BCUT2D eigenvalue weighted by Gasteiger charge is -2.16. The molecule has 2 rings (SSSR count). The van der Waals surface area contributed by atoms with E-state index >= 15 is 0 Å². The number of amides is 1. The summed E-state index contributed by atoms with van der Waals surface area (Å²) < 4.78 is 0. The van der Waals surface area contributed by atoms with Gasteiger partial charge in [-0.3, -0.25) is 10.0 Å². The zero-order valence-electron chi connectivity index (χ0n) is 9.18. The Hall–Kier alpha value is -1.55. The quantitative estimate of drug-likeness (QED) is 0.667. The normalized spacial score (nSPS) is 10.2. The fourth-order valence-electron chi connectivity index (χ4n) is 1.49. The highest BCUT2D eigenvalue weighted by molar-refractivity contribution is 6.40. The molecule has 0 radical (unpaired) electrons. The summed E-state index contributed by atoms with van der Waals surface area (Å²) in [6, 6.07) is 13.1. The Morgan fingerprint density at radius 3 is 2.06 bits per heavy atom. The van der Waals surface area contributed by atoms with Crippen LogP contribution in [-0.2, 0) is 0 Å². The molecule has 0 aliphatic heterocycles. The van der Waals surface area contributed by atoms with Gasteiger partial charge in [-0.1, -0.05) is 47.5 Å². The van der Waals surface area contributed by atoms with Gasteiger partial charge in [0, 0.05) is 0 Å². The summed E-state index contributed by atoms with van der Waals surface area (Å²) in [6.07, 6.45) is 0. The van der Waals surface area contributed by atoms with Gasteiger partial charge >= 0.3 is 0 Å². The van der Waals surface area contributed by atoms with Crippen LogP contribution in [0.2, 0.25) is 10.0 Å². The molecule has 0 bridgehead atoms. The standard InChI is InChI=1S/C13H9Cl2NO2/c14-10-7-4-8-11(15)12(10)13(17)16(18)9-5-2-1-3-6-9/h1-8,18H. The topological polar surface area (TPSA) is 40.5 Å². The lowest BCUT2D eigenvalue weighted by Crippen LogP contribution is -2.27. The number of hydrogen-bond acceptors (Lipinski definition) is 2. The van der Waals surface area contributed by atoms with Gasteiger partial charge in [0.1, 0.15) is 0 Å². The van der Waals surface area contributed by atoms with E-state index in [4.69, 9.17) is 23.2 Å². The second-order valence-corrected chi connectivity index (χ2v) is 4.36. The third-order valence-electron chi connectivity index (χ3n) is 2.37. The molecular weight excluding hydrogens is 273 g/mol. The third-order valence-corrected chi connectivity index (χ3v) is 3.00. The average Bonchev–Trinajstić information content (AvgIpc) is 2.38. The molecule has 0 aliphatic rings. The van der Waals surface area contributed by atoms with E-state index in [1.54, 1.807) is 48.5 Å². The largest absolute Gasteiger partial charge is 0.285 e. The van der Waals surface area contributed by atoms with Crippen LogP contribution in [0.4, 0.5) is 5.69 Å². The minimum absolute atomic E-state index is 0.0761. The van der Waals surface area contributed by atoms with Crippen LogP contribution in [0, 0.1) is 0 Å². The molecule has 0 atom stereocenters. The second-order valence-electron chi connectivity index (χ2n) is 3.55. The fraction of sp³-hybridized carbons (Fsp3) is 0. The first-order valence-corrected chi connectivity index (χ1v) is 5.89. The molecular formula is C13H9Cl2NO2. The summed E-state index contributed by atoms with van der Waals surface area (Å²) in [6.45, 7) is 0. The summed E-state index contributed by atoms with van der Waals surface area (Å²) in [5.41, 5.74) is 0.422. The molecule has 0 heterocycles. The third kappa shape index (κ3) is 2.48. The number of halogens is 2. The first-order chi connectivity index (χ1) is 8.61. The minimum atomic E-state index is -0.670. The summed E-state index contributed by atoms with van der Waals surface area (Å²) in [5.74, 6) is -0.670. The van der Waals surface area contributed by atoms with Crippen molar-refractivity contribution in [3.8, 4) is 0 Å². The van der Waals surface area contributed by atoms with Crippen LogP contribution in [0.25, 0.3) is 0 Å². The molecule has 0 saturated heterocycles. The zero-order chi connectivity index (χ0) is 13.1. The summed E-state index contributed by atoms with van der Waals surface area (Å²) in [7, 11) is 0. The number of benzene rings is 2. The van der Waals surface area contributed by atoms with E-state index in [-0.39, 0.29) is 15.6 Å². The van der Waals surface area contributed by atoms with Gasteiger partial charge in [-0.2, -0.15) is 5.06 Å². The van der Waals surface area contributed by atoms with Crippen LogP contribution in [0.15, 0.2) is 48.5 Å². The van der Waals surface area contributed by atoms with Crippen molar-refractivity contribution in [3.63, 3.8) is 0 Å². The van der Waals surface area contributed by atoms with Crippen molar-refractivity contribution >= 4 is 34.8 Å². The smallest absolute Gasteiger partial charge is 0.281 e. The van der Waals surface area contributed by atoms with E-state index in [1.807, 2.05) is 0 Å². The van der Waals surface area contributed by atoms with Crippen LogP contribution >= 0.6 is 23.2 Å². The number of para-hydroxylation sites is 1. The van der Waals surface area contributed by atoms with Gasteiger partial charge in [0.25, 0.3) is 5.91 Å². The highest BCUT2D eigenvalue weighted by Crippen LogP contribution is 2.26. The number of nitrogens with zero attached hydrogens (tertiary/aromatic N) is 1. The van der Waals surface area contributed by atoms with Crippen LogP contribution in [0.3, 0.4) is 0 Å². The molecule has 0 unspecified atom stereocenters. The van der Waals surface area contributed by atoms with Crippen molar-refractivity contribution in [1.29, 1.82) is 0 Å². The second kappa shape index (κ2) is 5.40. The summed E-state index contributed by atoms with van der Waals surface area (Å²) >= 11 is 11.8. The monoisotopic (exact) mass is 281 g/mol. The van der Waals surface area contributed by atoms with Gasteiger partial charge in [-0.25, -0.2) is 0 Å². The lowest BCUT2D eigenvalue weighted by atomic mass is 10.2. The highest BCUT2D eigenvalue weighted by Gasteiger charge is 2.21. The van der Waals surface area contributed by atoms with E-state index < -0.39 is 5.91 Å². The predicted molar refractivity (Wildman–Crippen MR) is 71.5 cm³/mol. The molecule has 0 aromatic heterocycles. The van der Waals surface area contributed by atoms with Crippen LogP contribution in [0.1, 0.15) is 10.4 Å². The Morgan fingerprint density at radius 1 is 0.944 bits per heavy atom. The lowest BCUT2D eigenvalue weighted by molar-refractivity contribution is 0.0855. The van der Waals surface area contributed by atoms with Crippen LogP contribution in [0.5, 0.6) is 0 Å². The van der Waals surface area contributed by atoms with E-state index in [0.29, 0.717) is 10.8 Å². The maximum absolute atomic E-state index is 12.1. The molecule has 0 saturated carbocycles. The van der Waals surface area contributed by atoms with E-state index in [2.05, 4.69) is 0 Å². The molecule has 3 nitrogen and oxygen atoms in total. The zero-order valence-corrected chi connectivity index (χ0v) is 10.7. The SMILES string of the molecule is O=C(c1c(Cl)cccc1Cl)N(O)c1ccccc1. The highest BCUT2D eigenvalue weighted by atomic mass is 35.5. The van der Waals surface area contributed by atoms with Crippen LogP contribution < -0.4 is 5.06 Å². The molecule has 1 N–H and O–H groups in total. The molecule has 5 heteroatoms. The van der Waals surface area contributed by atoms with Gasteiger partial charge in [0.05, 0.1) is 21.3 Å². The Kier molecular flexibility index (Phi) is 3.87. The molecule has 0 spiro atoms. The van der Waals surface area contributed by atoms with Crippen molar-refractivity contribution in [2.75, 3.05) is 5.06 Å². The van der Waals surface area contributed by atoms with Gasteiger partial charge in [-0.05, 0) is 24.3 Å². The average molecular weight is 282 g/mol. The van der Waals surface area contributed by atoms with Crippen molar-refractivity contribution in [1.82, 2.24) is 0 Å². The molecule has 0 aliphatic carbocycles. The maximum atomic E-state index is 12.1. The first kappa shape index (κ1) is 12.9. The van der Waals surface area contributed by atoms with Gasteiger partial charge in [0.2, 0.25) is 0 Å². The number of hydrogen-bond donors (Lipinski definition) is 1. The number of carbonyl (C=O) groups excluding carboxylic acids is 1. The molecule has 2 aromatic rings. The maximum Gasteiger partial charge on any atom is 0.285 e. The molecule has 0 fully saturated rings. The Labute approximate surface area is 114 Å². The first-order valence-electron chi connectivity index (χ1n) is 5.13. The summed E-state index contributed by atoms with van der Waals surface area (Å²) in [5, 5.41) is 10.8. The van der Waals surface area contributed by atoms with E-state index in [1.165, 1.54) is 0 Å². The molecule has 2 aromatic carbocycles. The van der Waals surface area contributed by atoms with Crippen molar-refractivity contribution < 1.29 is 10.0 Å². The van der Waals surface area contributed by atoms with E-state index in [0.717, 1.165) is 0 Å². The molecule has 92 valence electrons. The van der Waals surface area contributed by atoms with Crippen molar-refractivity contribution in [2.24, 2.45) is 0 Å². The number of hydroxylamine groups is 1. The predicted octanol–water partition coefficient (Wildman–Crippen LogP) is 4.03. The molecule has 18 heavy (non-hydrogen) atoms. The number of rotatable bonds is 2. The van der Waals surface area contributed by atoms with Gasteiger partial charge in [0.15, 0.2) is 0 Å². The van der Waals surface area contributed by atoms with Gasteiger partial charge < -0.3 is 0 Å². The van der Waals surface area contributed by atoms with Gasteiger partial charge in [-0.15, -0.1) is 0 Å². The number of carbonyl (C=O) groups is 1. The van der Waals surface area contributed by atoms with Crippen molar-refractivity contribution in [3.05, 3.63) is 64.1 Å². The Balaban J connectivity index is 2.38. The molecule has 1 amide bonds. The Bertz CT molecular complexity index is 552. The summed E-state index contributed by atoms with van der Waals surface area (Å²) in [4.78, 5) is 12.1. The Morgan fingerprint density at radius 2 is 1.50 bits per heavy atom. The van der Waals surface area contributed by atoms with E-state index in [9.17, 15) is 10.0 Å². The van der Waals surface area contributed by atoms with Crippen LogP contribution in [-0.4, -0.2) is 11.1 Å². The van der Waals surface area contributed by atoms with Crippen molar-refractivity contribution in [2.45, 2.75) is 0 Å².